The zero-order valence-electron chi connectivity index (χ0n) is 17.8. The Kier molecular flexibility index (Phi) is 10.6. The van der Waals surface area contributed by atoms with Gasteiger partial charge in [-0.2, -0.15) is 0 Å². The van der Waals surface area contributed by atoms with E-state index < -0.39 is 6.17 Å². The van der Waals surface area contributed by atoms with E-state index in [1.54, 1.807) is 18.5 Å². The fourth-order valence-corrected chi connectivity index (χ4v) is 3.25. The number of aromatic nitrogens is 2. The highest BCUT2D eigenvalue weighted by Crippen LogP contribution is 2.21. The maximum atomic E-state index is 14.3. The lowest BCUT2D eigenvalue weighted by Gasteiger charge is -2.08. The van der Waals surface area contributed by atoms with Gasteiger partial charge < -0.3 is 4.74 Å². The average molecular weight is 405 g/mol. The largest absolute Gasteiger partial charge is 0.490 e. The van der Waals surface area contributed by atoms with Crippen molar-refractivity contribution in [3.05, 3.63) is 42.0 Å². The van der Waals surface area contributed by atoms with Crippen molar-refractivity contribution in [2.45, 2.75) is 84.2 Å². The second-order valence-electron chi connectivity index (χ2n) is 7.69. The van der Waals surface area contributed by atoms with Gasteiger partial charge in [-0.25, -0.2) is 18.7 Å². The van der Waals surface area contributed by atoms with E-state index in [1.165, 1.54) is 51.5 Å². The van der Waals surface area contributed by atoms with Gasteiger partial charge >= 0.3 is 0 Å². The van der Waals surface area contributed by atoms with Crippen LogP contribution in [0.2, 0.25) is 0 Å². The first-order chi connectivity index (χ1) is 14.1. The highest BCUT2D eigenvalue weighted by molar-refractivity contribution is 5.55. The molecule has 160 valence electrons. The summed E-state index contributed by atoms with van der Waals surface area (Å²) in [4.78, 5) is 8.60. The van der Waals surface area contributed by atoms with Crippen LogP contribution in [0.15, 0.2) is 30.6 Å². The monoisotopic (exact) mass is 404 g/mol. The Bertz CT molecular complexity index is 705. The number of halogens is 2. The van der Waals surface area contributed by atoms with Gasteiger partial charge in [-0.05, 0) is 44.2 Å². The van der Waals surface area contributed by atoms with Gasteiger partial charge in [-0.1, -0.05) is 57.6 Å². The number of rotatable bonds is 14. The van der Waals surface area contributed by atoms with Crippen LogP contribution in [0.1, 0.15) is 77.2 Å². The van der Waals surface area contributed by atoms with E-state index in [-0.39, 0.29) is 5.82 Å². The molecule has 1 aromatic carbocycles. The molecule has 0 fully saturated rings. The molecule has 1 unspecified atom stereocenters. The van der Waals surface area contributed by atoms with Crippen LogP contribution < -0.4 is 4.74 Å². The minimum Gasteiger partial charge on any atom is -0.490 e. The van der Waals surface area contributed by atoms with Gasteiger partial charge in [0.25, 0.3) is 0 Å². The number of aryl methyl sites for hydroxylation is 1. The second kappa shape index (κ2) is 13.2. The summed E-state index contributed by atoms with van der Waals surface area (Å²) in [5.41, 5.74) is 1.23. The molecule has 0 amide bonds. The first-order valence-corrected chi connectivity index (χ1v) is 11.0. The molecule has 0 N–H and O–H groups in total. The molecule has 0 bridgehead atoms. The van der Waals surface area contributed by atoms with Crippen molar-refractivity contribution in [3.8, 4) is 17.1 Å². The van der Waals surface area contributed by atoms with Crippen molar-refractivity contribution in [3.63, 3.8) is 0 Å². The van der Waals surface area contributed by atoms with Crippen molar-refractivity contribution >= 4 is 0 Å². The number of hydrogen-bond acceptors (Lipinski definition) is 3. The molecule has 5 heteroatoms. The molecular weight excluding hydrogens is 370 g/mol. The highest BCUT2D eigenvalue weighted by Gasteiger charge is 2.08. The molecule has 0 radical (unpaired) electrons. The molecule has 0 spiro atoms. The number of alkyl halides is 1. The average Bonchev–Trinajstić information content (AvgIpc) is 2.71. The van der Waals surface area contributed by atoms with E-state index in [9.17, 15) is 8.78 Å². The number of nitrogens with zero attached hydrogens (tertiary/aromatic N) is 2. The van der Waals surface area contributed by atoms with Gasteiger partial charge in [-0.15, -0.1) is 0 Å². The third-order valence-electron chi connectivity index (χ3n) is 5.00. The Hall–Kier alpha value is -2.04. The van der Waals surface area contributed by atoms with Crippen LogP contribution in [0.5, 0.6) is 5.75 Å². The molecule has 3 nitrogen and oxygen atoms in total. The minimum absolute atomic E-state index is 0.295. The fraction of sp³-hybridized carbons (Fsp3) is 0.583. The summed E-state index contributed by atoms with van der Waals surface area (Å²) < 4.78 is 32.9. The molecule has 0 aliphatic carbocycles. The Labute approximate surface area is 173 Å². The van der Waals surface area contributed by atoms with Crippen LogP contribution in [0.25, 0.3) is 11.4 Å². The molecule has 0 aliphatic heterocycles. The Balaban J connectivity index is 1.77. The van der Waals surface area contributed by atoms with Gasteiger partial charge in [0.15, 0.2) is 11.6 Å². The lowest BCUT2D eigenvalue weighted by Crippen LogP contribution is -2.00. The van der Waals surface area contributed by atoms with E-state index in [0.29, 0.717) is 48.6 Å². The molecule has 0 saturated heterocycles. The highest BCUT2D eigenvalue weighted by atomic mass is 19.1. The molecule has 0 saturated carbocycles. The fourth-order valence-electron chi connectivity index (χ4n) is 3.25. The van der Waals surface area contributed by atoms with Crippen molar-refractivity contribution in [2.75, 3.05) is 6.61 Å². The van der Waals surface area contributed by atoms with Gasteiger partial charge in [0.05, 0.1) is 25.2 Å². The van der Waals surface area contributed by atoms with Crippen LogP contribution in [-0.4, -0.2) is 22.7 Å². The standard InChI is InChI=1S/C24H34F2N2O/c1-3-4-5-6-7-8-9-15-29-22-17-27-24(28-18-22)21-14-13-20(23(26)16-21)12-10-11-19(2)25/h13-14,16-19H,3-12,15H2,1-2H3. The third kappa shape index (κ3) is 8.88. The summed E-state index contributed by atoms with van der Waals surface area (Å²) in [6.07, 6.45) is 12.7. The number of unbranched alkanes of at least 4 members (excludes halogenated alkanes) is 6. The predicted octanol–water partition coefficient (Wildman–Crippen LogP) is 7.09. The van der Waals surface area contributed by atoms with Crippen LogP contribution in [0.4, 0.5) is 8.78 Å². The molecular formula is C24H34F2N2O. The molecule has 29 heavy (non-hydrogen) atoms. The Morgan fingerprint density at radius 2 is 1.66 bits per heavy atom. The van der Waals surface area contributed by atoms with Crippen molar-refractivity contribution < 1.29 is 13.5 Å². The topological polar surface area (TPSA) is 35.0 Å². The normalized spacial score (nSPS) is 12.1. The zero-order chi connectivity index (χ0) is 20.9. The Morgan fingerprint density at radius 3 is 2.31 bits per heavy atom. The first kappa shape index (κ1) is 23.2. The molecule has 2 aromatic rings. The Morgan fingerprint density at radius 1 is 0.966 bits per heavy atom. The smallest absolute Gasteiger partial charge is 0.159 e. The summed E-state index contributed by atoms with van der Waals surface area (Å²) in [5, 5.41) is 0. The number of ether oxygens (including phenoxy) is 1. The number of hydrogen-bond donors (Lipinski definition) is 0. The summed E-state index contributed by atoms with van der Waals surface area (Å²) in [6.45, 7) is 4.42. The SMILES string of the molecule is CCCCCCCCCOc1cnc(-c2ccc(CCCC(C)F)c(F)c2)nc1. The van der Waals surface area contributed by atoms with Crippen molar-refractivity contribution in [1.29, 1.82) is 0 Å². The van der Waals surface area contributed by atoms with E-state index in [0.717, 1.165) is 6.42 Å². The predicted molar refractivity (Wildman–Crippen MR) is 114 cm³/mol. The van der Waals surface area contributed by atoms with E-state index >= 15 is 0 Å². The van der Waals surface area contributed by atoms with E-state index in [4.69, 9.17) is 4.74 Å². The first-order valence-electron chi connectivity index (χ1n) is 11.0. The minimum atomic E-state index is -0.850. The van der Waals surface area contributed by atoms with Crippen LogP contribution >= 0.6 is 0 Å². The molecule has 1 heterocycles. The van der Waals surface area contributed by atoms with Crippen molar-refractivity contribution in [2.24, 2.45) is 0 Å². The van der Waals surface area contributed by atoms with Gasteiger partial charge in [0.2, 0.25) is 0 Å². The maximum Gasteiger partial charge on any atom is 0.159 e. The maximum absolute atomic E-state index is 14.3. The lowest BCUT2D eigenvalue weighted by molar-refractivity contribution is 0.302. The summed E-state index contributed by atoms with van der Waals surface area (Å²) in [7, 11) is 0. The lowest BCUT2D eigenvalue weighted by atomic mass is 10.0. The zero-order valence-corrected chi connectivity index (χ0v) is 17.8. The van der Waals surface area contributed by atoms with E-state index in [2.05, 4.69) is 16.9 Å². The van der Waals surface area contributed by atoms with E-state index in [1.807, 2.05) is 6.07 Å². The number of benzene rings is 1. The molecule has 1 atom stereocenters. The van der Waals surface area contributed by atoms with Gasteiger partial charge in [0.1, 0.15) is 5.82 Å². The van der Waals surface area contributed by atoms with Gasteiger partial charge in [-0.3, -0.25) is 0 Å². The van der Waals surface area contributed by atoms with Crippen LogP contribution in [0, 0.1) is 5.82 Å². The van der Waals surface area contributed by atoms with Crippen LogP contribution in [-0.2, 0) is 6.42 Å². The quantitative estimate of drug-likeness (QED) is 0.315. The molecule has 1 aromatic heterocycles. The van der Waals surface area contributed by atoms with Gasteiger partial charge in [0, 0.05) is 5.56 Å². The third-order valence-corrected chi connectivity index (χ3v) is 5.00. The molecule has 2 rings (SSSR count). The summed E-state index contributed by atoms with van der Waals surface area (Å²) >= 11 is 0. The van der Waals surface area contributed by atoms with Crippen LogP contribution in [0.3, 0.4) is 0 Å². The second-order valence-corrected chi connectivity index (χ2v) is 7.69. The summed E-state index contributed by atoms with van der Waals surface area (Å²) in [6, 6.07) is 5.00. The summed E-state index contributed by atoms with van der Waals surface area (Å²) in [5.74, 6) is 0.810. The van der Waals surface area contributed by atoms with Crippen molar-refractivity contribution in [1.82, 2.24) is 9.97 Å². The molecule has 0 aliphatic rings.